The smallest absolute Gasteiger partial charge is 0.378 e. The summed E-state index contributed by atoms with van der Waals surface area (Å²) in [7, 11) is 1.62. The fourth-order valence-electron chi connectivity index (χ4n) is 2.13. The molecule has 1 aliphatic rings. The van der Waals surface area contributed by atoms with E-state index in [0.717, 1.165) is 42.6 Å². The minimum atomic E-state index is -4.39. The Kier molecular flexibility index (Phi) is 8.54. The summed E-state index contributed by atoms with van der Waals surface area (Å²) in [5.41, 5.74) is -0.851. The summed E-state index contributed by atoms with van der Waals surface area (Å²) in [6.45, 7) is 1.74. The number of ether oxygens (including phenoxy) is 1. The number of alkyl halides is 3. The Labute approximate surface area is 154 Å². The predicted octanol–water partition coefficient (Wildman–Crippen LogP) is 3.01. The summed E-state index contributed by atoms with van der Waals surface area (Å²) >= 11 is 0.977. The van der Waals surface area contributed by atoms with Crippen molar-refractivity contribution in [2.75, 3.05) is 20.2 Å². The molecule has 1 saturated heterocycles. The second kappa shape index (κ2) is 9.62. The third-order valence-corrected chi connectivity index (χ3v) is 4.10. The van der Waals surface area contributed by atoms with Crippen LogP contribution in [0.1, 0.15) is 30.0 Å². The lowest BCUT2D eigenvalue weighted by molar-refractivity contribution is -0.140. The van der Waals surface area contributed by atoms with Crippen molar-refractivity contribution in [3.8, 4) is 0 Å². The Hall–Kier alpha value is -0.620. The van der Waals surface area contributed by atoms with Crippen LogP contribution in [0.4, 0.5) is 13.2 Å². The molecule has 1 aromatic rings. The molecular formula is C13H20F3IN4OS. The zero-order chi connectivity index (χ0) is 16.0. The van der Waals surface area contributed by atoms with E-state index in [4.69, 9.17) is 4.74 Å². The number of aromatic nitrogens is 1. The average Bonchev–Trinajstić information content (AvgIpc) is 3.13. The maximum atomic E-state index is 12.5. The van der Waals surface area contributed by atoms with Crippen molar-refractivity contribution in [3.63, 3.8) is 0 Å². The van der Waals surface area contributed by atoms with Gasteiger partial charge in [0, 0.05) is 25.6 Å². The molecule has 1 aliphatic heterocycles. The zero-order valence-electron chi connectivity index (χ0n) is 12.7. The topological polar surface area (TPSA) is 58.5 Å². The van der Waals surface area contributed by atoms with Crippen LogP contribution in [0.5, 0.6) is 0 Å². The van der Waals surface area contributed by atoms with Crippen molar-refractivity contribution in [3.05, 3.63) is 16.1 Å². The van der Waals surface area contributed by atoms with Gasteiger partial charge in [-0.25, -0.2) is 4.98 Å². The molecule has 10 heteroatoms. The van der Waals surface area contributed by atoms with E-state index < -0.39 is 11.9 Å². The predicted molar refractivity (Wildman–Crippen MR) is 94.3 cm³/mol. The van der Waals surface area contributed by atoms with Crippen molar-refractivity contribution < 1.29 is 17.9 Å². The van der Waals surface area contributed by atoms with Crippen molar-refractivity contribution in [1.29, 1.82) is 0 Å². The average molecular weight is 464 g/mol. The van der Waals surface area contributed by atoms with Gasteiger partial charge < -0.3 is 15.4 Å². The highest BCUT2D eigenvalue weighted by Crippen LogP contribution is 2.29. The Bertz CT molecular complexity index is 504. The molecule has 132 valence electrons. The lowest BCUT2D eigenvalue weighted by Gasteiger charge is -2.13. The van der Waals surface area contributed by atoms with Crippen molar-refractivity contribution in [2.24, 2.45) is 4.99 Å². The number of rotatable bonds is 5. The van der Waals surface area contributed by atoms with E-state index >= 15 is 0 Å². The number of nitrogens with zero attached hydrogens (tertiary/aromatic N) is 2. The number of hydrogen-bond donors (Lipinski definition) is 2. The first-order chi connectivity index (χ1) is 10.5. The van der Waals surface area contributed by atoms with Crippen molar-refractivity contribution in [2.45, 2.75) is 38.1 Å². The lowest BCUT2D eigenvalue weighted by Crippen LogP contribution is -2.38. The number of halogens is 4. The summed E-state index contributed by atoms with van der Waals surface area (Å²) in [5, 5.41) is 7.46. The fourth-order valence-corrected chi connectivity index (χ4v) is 2.87. The number of hydrogen-bond acceptors (Lipinski definition) is 4. The molecule has 0 bridgehead atoms. The van der Waals surface area contributed by atoms with Crippen LogP contribution in [-0.4, -0.2) is 37.2 Å². The zero-order valence-corrected chi connectivity index (χ0v) is 15.8. The van der Waals surface area contributed by atoms with E-state index in [1.165, 1.54) is 0 Å². The molecule has 5 nitrogen and oxygen atoms in total. The van der Waals surface area contributed by atoms with Gasteiger partial charge in [-0.15, -0.1) is 35.3 Å². The van der Waals surface area contributed by atoms with Crippen molar-refractivity contribution >= 4 is 41.3 Å². The van der Waals surface area contributed by atoms with Crippen LogP contribution in [0.3, 0.4) is 0 Å². The highest BCUT2D eigenvalue weighted by atomic mass is 127. The molecular weight excluding hydrogens is 444 g/mol. The van der Waals surface area contributed by atoms with Crippen LogP contribution in [0, 0.1) is 0 Å². The highest BCUT2D eigenvalue weighted by Gasteiger charge is 2.33. The van der Waals surface area contributed by atoms with Gasteiger partial charge >= 0.3 is 6.18 Å². The molecule has 1 aromatic heterocycles. The van der Waals surface area contributed by atoms with Crippen molar-refractivity contribution in [1.82, 2.24) is 15.6 Å². The molecule has 0 aliphatic carbocycles. The summed E-state index contributed by atoms with van der Waals surface area (Å²) in [4.78, 5) is 7.59. The molecule has 0 radical (unpaired) electrons. The van der Waals surface area contributed by atoms with Crippen LogP contribution in [-0.2, 0) is 17.5 Å². The van der Waals surface area contributed by atoms with Gasteiger partial charge in [0.2, 0.25) is 0 Å². The Morgan fingerprint density at radius 3 is 2.83 bits per heavy atom. The molecule has 0 amide bonds. The number of guanidine groups is 1. The largest absolute Gasteiger partial charge is 0.434 e. The Morgan fingerprint density at radius 2 is 2.26 bits per heavy atom. The quantitative estimate of drug-likeness (QED) is 0.400. The second-order valence-electron chi connectivity index (χ2n) is 4.90. The minimum absolute atomic E-state index is 0. The van der Waals surface area contributed by atoms with Crippen LogP contribution in [0.15, 0.2) is 10.4 Å². The normalized spacial score (nSPS) is 18.6. The monoisotopic (exact) mass is 464 g/mol. The van der Waals surface area contributed by atoms with E-state index in [1.54, 1.807) is 7.05 Å². The van der Waals surface area contributed by atoms with E-state index in [0.29, 0.717) is 23.6 Å². The maximum absolute atomic E-state index is 12.5. The van der Waals surface area contributed by atoms with Gasteiger partial charge in [0.1, 0.15) is 5.01 Å². The van der Waals surface area contributed by atoms with Gasteiger partial charge in [-0.1, -0.05) is 0 Å². The lowest BCUT2D eigenvalue weighted by atomic mass is 10.2. The van der Waals surface area contributed by atoms with Gasteiger partial charge in [0.15, 0.2) is 11.7 Å². The standard InChI is InChI=1S/C13H19F3N4OS.HI/c1-17-12(18-5-4-9-3-2-6-21-9)19-7-11-20-10(8-22-11)13(14,15)16;/h8-9H,2-7H2,1H3,(H2,17,18,19);1H. The summed E-state index contributed by atoms with van der Waals surface area (Å²) in [6.07, 6.45) is -1.04. The van der Waals surface area contributed by atoms with Crippen LogP contribution < -0.4 is 10.6 Å². The molecule has 1 unspecified atom stereocenters. The molecule has 23 heavy (non-hydrogen) atoms. The third-order valence-electron chi connectivity index (χ3n) is 3.26. The molecule has 0 saturated carbocycles. The van der Waals surface area contributed by atoms with E-state index in [-0.39, 0.29) is 30.5 Å². The van der Waals surface area contributed by atoms with Crippen LogP contribution in [0.25, 0.3) is 0 Å². The molecule has 0 spiro atoms. The van der Waals surface area contributed by atoms with Gasteiger partial charge in [0.25, 0.3) is 0 Å². The summed E-state index contributed by atoms with van der Waals surface area (Å²) in [5.74, 6) is 0.543. The molecule has 1 fully saturated rings. The number of thiazole rings is 1. The summed E-state index contributed by atoms with van der Waals surface area (Å²) in [6, 6.07) is 0. The molecule has 2 N–H and O–H groups in total. The van der Waals surface area contributed by atoms with Gasteiger partial charge in [0.05, 0.1) is 12.6 Å². The van der Waals surface area contributed by atoms with Crippen LogP contribution >= 0.6 is 35.3 Å². The van der Waals surface area contributed by atoms with Gasteiger partial charge in [-0.2, -0.15) is 13.2 Å². The molecule has 0 aromatic carbocycles. The molecule has 1 atom stereocenters. The summed E-state index contributed by atoms with van der Waals surface area (Å²) < 4.78 is 42.9. The third kappa shape index (κ3) is 6.79. The maximum Gasteiger partial charge on any atom is 0.434 e. The molecule has 2 heterocycles. The molecule has 2 rings (SSSR count). The van der Waals surface area contributed by atoms with Gasteiger partial charge in [-0.3, -0.25) is 4.99 Å². The second-order valence-corrected chi connectivity index (χ2v) is 5.84. The first kappa shape index (κ1) is 20.4. The number of nitrogens with one attached hydrogen (secondary N) is 2. The fraction of sp³-hybridized carbons (Fsp3) is 0.692. The highest BCUT2D eigenvalue weighted by molar-refractivity contribution is 14.0. The first-order valence-corrected chi connectivity index (χ1v) is 7.94. The van der Waals surface area contributed by atoms with Gasteiger partial charge in [-0.05, 0) is 19.3 Å². The Morgan fingerprint density at radius 1 is 1.48 bits per heavy atom. The van der Waals surface area contributed by atoms with E-state index in [9.17, 15) is 13.2 Å². The Balaban J connectivity index is 0.00000264. The van der Waals surface area contributed by atoms with Crippen LogP contribution in [0.2, 0.25) is 0 Å². The van der Waals surface area contributed by atoms with E-state index in [2.05, 4.69) is 20.6 Å². The SMILES string of the molecule is CN=C(NCCC1CCCO1)NCc1nc(C(F)(F)F)cs1.I. The first-order valence-electron chi connectivity index (χ1n) is 7.07. The minimum Gasteiger partial charge on any atom is -0.378 e. The van der Waals surface area contributed by atoms with E-state index in [1.807, 2.05) is 0 Å². The number of aliphatic imine (C=N–C) groups is 1.